The van der Waals surface area contributed by atoms with Crippen molar-refractivity contribution in [1.29, 1.82) is 0 Å². The van der Waals surface area contributed by atoms with Crippen LogP contribution in [0.2, 0.25) is 0 Å². The van der Waals surface area contributed by atoms with Gasteiger partial charge in [0.25, 0.3) is 0 Å². The SMILES string of the molecule is CCCCCCCCCCCCCCCCCCCCCCCCCCCCCCCC(=O)OCC(COC(=O)CCCCCCC)OC(=O)CCCCCCCCCCCCCCCCCCCC. The first-order valence-electron chi connectivity index (χ1n) is 32.0. The molecule has 0 aliphatic carbocycles. The molecule has 0 aromatic carbocycles. The molecule has 0 spiro atoms. The molecule has 0 amide bonds. The van der Waals surface area contributed by atoms with Crippen LogP contribution in [0.4, 0.5) is 0 Å². The Labute approximate surface area is 438 Å². The number of hydrogen-bond acceptors (Lipinski definition) is 6. The van der Waals surface area contributed by atoms with Gasteiger partial charge in [-0.25, -0.2) is 0 Å². The van der Waals surface area contributed by atoms with E-state index in [0.29, 0.717) is 19.3 Å². The molecule has 0 saturated heterocycles. The zero-order valence-electron chi connectivity index (χ0n) is 47.8. The van der Waals surface area contributed by atoms with E-state index in [2.05, 4.69) is 20.8 Å². The molecule has 0 aromatic rings. The van der Waals surface area contributed by atoms with Crippen LogP contribution in [0.5, 0.6) is 0 Å². The molecule has 1 unspecified atom stereocenters. The Bertz CT molecular complexity index is 1040. The van der Waals surface area contributed by atoms with Crippen molar-refractivity contribution >= 4 is 17.9 Å². The number of rotatable bonds is 60. The van der Waals surface area contributed by atoms with Crippen LogP contribution in [0.3, 0.4) is 0 Å². The van der Waals surface area contributed by atoms with E-state index in [9.17, 15) is 14.4 Å². The molecule has 0 radical (unpaired) electrons. The molecular weight excluding hydrogens is 865 g/mol. The Kier molecular flexibility index (Phi) is 58.6. The molecule has 0 saturated carbocycles. The summed E-state index contributed by atoms with van der Waals surface area (Å²) in [7, 11) is 0. The first-order chi connectivity index (χ1) is 34.5. The number of hydrogen-bond donors (Lipinski definition) is 0. The second kappa shape index (κ2) is 60.0. The lowest BCUT2D eigenvalue weighted by Gasteiger charge is -2.18. The van der Waals surface area contributed by atoms with E-state index >= 15 is 0 Å². The van der Waals surface area contributed by atoms with Crippen molar-refractivity contribution in [1.82, 2.24) is 0 Å². The van der Waals surface area contributed by atoms with E-state index in [-0.39, 0.29) is 31.1 Å². The fraction of sp³-hybridized carbons (Fsp3) is 0.953. The summed E-state index contributed by atoms with van der Waals surface area (Å²) in [6.45, 7) is 6.63. The largest absolute Gasteiger partial charge is 0.462 e. The van der Waals surface area contributed by atoms with Gasteiger partial charge < -0.3 is 14.2 Å². The first kappa shape index (κ1) is 68.4. The molecule has 416 valence electrons. The molecule has 0 rings (SSSR count). The van der Waals surface area contributed by atoms with Crippen LogP contribution in [0, 0.1) is 0 Å². The first-order valence-corrected chi connectivity index (χ1v) is 32.0. The highest BCUT2D eigenvalue weighted by Crippen LogP contribution is 2.19. The van der Waals surface area contributed by atoms with Crippen LogP contribution in [-0.2, 0) is 28.6 Å². The molecule has 0 aromatic heterocycles. The van der Waals surface area contributed by atoms with Crippen LogP contribution in [-0.4, -0.2) is 37.2 Å². The fourth-order valence-corrected chi connectivity index (χ4v) is 10.0. The Morgan fingerprint density at radius 1 is 0.229 bits per heavy atom. The molecule has 0 N–H and O–H groups in total. The monoisotopic (exact) mass is 989 g/mol. The van der Waals surface area contributed by atoms with E-state index in [1.807, 2.05) is 0 Å². The second-order valence-electron chi connectivity index (χ2n) is 22.1. The number of carbonyl (C=O) groups is 3. The summed E-state index contributed by atoms with van der Waals surface area (Å²) in [5.74, 6) is -0.848. The number of carbonyl (C=O) groups excluding carboxylic acids is 3. The van der Waals surface area contributed by atoms with Crippen LogP contribution >= 0.6 is 0 Å². The lowest BCUT2D eigenvalue weighted by molar-refractivity contribution is -0.167. The maximum Gasteiger partial charge on any atom is 0.306 e. The van der Waals surface area contributed by atoms with Crippen molar-refractivity contribution in [2.75, 3.05) is 13.2 Å². The normalized spacial score (nSPS) is 11.9. The summed E-state index contributed by atoms with van der Waals surface area (Å²) in [6, 6.07) is 0. The minimum absolute atomic E-state index is 0.0625. The summed E-state index contributed by atoms with van der Waals surface area (Å²) in [4.78, 5) is 37.9. The van der Waals surface area contributed by atoms with Gasteiger partial charge in [0.1, 0.15) is 13.2 Å². The van der Waals surface area contributed by atoms with Crippen LogP contribution in [0.25, 0.3) is 0 Å². The van der Waals surface area contributed by atoms with Crippen LogP contribution < -0.4 is 0 Å². The van der Waals surface area contributed by atoms with Crippen molar-refractivity contribution in [2.24, 2.45) is 0 Å². The molecular formula is C64H124O6. The molecule has 70 heavy (non-hydrogen) atoms. The average Bonchev–Trinajstić information content (AvgIpc) is 3.36. The van der Waals surface area contributed by atoms with Crippen molar-refractivity contribution in [3.05, 3.63) is 0 Å². The highest BCUT2D eigenvalue weighted by Gasteiger charge is 2.19. The summed E-state index contributed by atoms with van der Waals surface area (Å²) < 4.78 is 16.8. The maximum absolute atomic E-state index is 12.8. The van der Waals surface area contributed by atoms with Gasteiger partial charge in [-0.2, -0.15) is 0 Å². The minimum atomic E-state index is -0.760. The Morgan fingerprint density at radius 3 is 0.571 bits per heavy atom. The zero-order valence-corrected chi connectivity index (χ0v) is 47.8. The van der Waals surface area contributed by atoms with E-state index in [1.54, 1.807) is 0 Å². The fourth-order valence-electron chi connectivity index (χ4n) is 10.0. The van der Waals surface area contributed by atoms with E-state index in [1.165, 1.54) is 270 Å². The van der Waals surface area contributed by atoms with Gasteiger partial charge in [-0.3, -0.25) is 14.4 Å². The molecule has 6 nitrogen and oxygen atoms in total. The predicted octanol–water partition coefficient (Wildman–Crippen LogP) is 21.5. The highest BCUT2D eigenvalue weighted by atomic mass is 16.6. The Hall–Kier alpha value is -1.59. The van der Waals surface area contributed by atoms with Gasteiger partial charge in [-0.1, -0.05) is 335 Å². The topological polar surface area (TPSA) is 78.9 Å². The number of esters is 3. The quantitative estimate of drug-likeness (QED) is 0.0343. The third-order valence-electron chi connectivity index (χ3n) is 14.9. The highest BCUT2D eigenvalue weighted by molar-refractivity contribution is 5.71. The smallest absolute Gasteiger partial charge is 0.306 e. The van der Waals surface area contributed by atoms with Crippen molar-refractivity contribution < 1.29 is 28.6 Å². The third kappa shape index (κ3) is 57.3. The van der Waals surface area contributed by atoms with Gasteiger partial charge in [0.05, 0.1) is 0 Å². The van der Waals surface area contributed by atoms with Crippen LogP contribution in [0.15, 0.2) is 0 Å². The lowest BCUT2D eigenvalue weighted by Crippen LogP contribution is -2.30. The summed E-state index contributed by atoms with van der Waals surface area (Å²) in [6.07, 6.45) is 68.9. The predicted molar refractivity (Wildman–Crippen MR) is 303 cm³/mol. The molecule has 0 heterocycles. The Balaban J connectivity index is 3.90. The third-order valence-corrected chi connectivity index (χ3v) is 14.9. The Morgan fingerprint density at radius 2 is 0.386 bits per heavy atom. The molecule has 0 fully saturated rings. The molecule has 0 aliphatic heterocycles. The minimum Gasteiger partial charge on any atom is -0.462 e. The standard InChI is InChI=1S/C64H124O6/c1-4-7-10-13-15-17-19-21-23-25-27-28-29-30-31-32-33-34-35-36-37-39-40-42-44-46-48-51-54-57-63(66)69-60-61(59-68-62(65)56-53-50-12-9-6-3)70-64(67)58-55-52-49-47-45-43-41-38-26-24-22-20-18-16-14-11-8-5-2/h61H,4-60H2,1-3H3. The molecule has 0 bridgehead atoms. The second-order valence-corrected chi connectivity index (χ2v) is 22.1. The van der Waals surface area contributed by atoms with Gasteiger partial charge in [0, 0.05) is 19.3 Å². The molecule has 1 atom stereocenters. The summed E-state index contributed by atoms with van der Waals surface area (Å²) >= 11 is 0. The van der Waals surface area contributed by atoms with E-state index in [4.69, 9.17) is 14.2 Å². The lowest BCUT2D eigenvalue weighted by atomic mass is 10.0. The van der Waals surface area contributed by atoms with Gasteiger partial charge in [-0.05, 0) is 19.3 Å². The van der Waals surface area contributed by atoms with E-state index < -0.39 is 6.10 Å². The zero-order chi connectivity index (χ0) is 50.7. The van der Waals surface area contributed by atoms with Crippen LogP contribution in [0.1, 0.15) is 374 Å². The van der Waals surface area contributed by atoms with Crippen molar-refractivity contribution in [3.63, 3.8) is 0 Å². The van der Waals surface area contributed by atoms with Gasteiger partial charge in [0.15, 0.2) is 6.10 Å². The molecule has 6 heteroatoms. The van der Waals surface area contributed by atoms with Gasteiger partial charge >= 0.3 is 17.9 Å². The average molecular weight is 990 g/mol. The number of unbranched alkanes of at least 4 members (excludes halogenated alkanes) is 49. The maximum atomic E-state index is 12.8. The van der Waals surface area contributed by atoms with Gasteiger partial charge in [0.2, 0.25) is 0 Å². The van der Waals surface area contributed by atoms with Crippen molar-refractivity contribution in [2.45, 2.75) is 380 Å². The summed E-state index contributed by atoms with van der Waals surface area (Å²) in [5.41, 5.74) is 0. The summed E-state index contributed by atoms with van der Waals surface area (Å²) in [5, 5.41) is 0. The van der Waals surface area contributed by atoms with Crippen molar-refractivity contribution in [3.8, 4) is 0 Å². The number of ether oxygens (including phenoxy) is 3. The van der Waals surface area contributed by atoms with E-state index in [0.717, 1.165) is 64.2 Å². The molecule has 0 aliphatic rings. The van der Waals surface area contributed by atoms with Gasteiger partial charge in [-0.15, -0.1) is 0 Å².